The number of nitrogens with zero attached hydrogens (tertiary/aromatic N) is 5. The minimum absolute atomic E-state index is 0.109. The topological polar surface area (TPSA) is 99.8 Å². The lowest BCUT2D eigenvalue weighted by atomic mass is 9.92. The number of ether oxygens (including phenoxy) is 1. The Hall–Kier alpha value is -2.95. The Balaban J connectivity index is 1.27. The number of anilines is 3. The van der Waals surface area contributed by atoms with Crippen LogP contribution in [0.1, 0.15) is 54.9 Å². The van der Waals surface area contributed by atoms with E-state index < -0.39 is 0 Å². The van der Waals surface area contributed by atoms with Crippen LogP contribution in [0, 0.1) is 0 Å². The number of amides is 1. The number of thiophene rings is 1. The number of likely N-dealkylation sites (N-methyl/N-ethyl adjacent to an activating group) is 1. The first kappa shape index (κ1) is 27.2. The van der Waals surface area contributed by atoms with Gasteiger partial charge in [0, 0.05) is 54.9 Å². The molecule has 3 aliphatic rings. The van der Waals surface area contributed by atoms with Crippen molar-refractivity contribution in [2.45, 2.75) is 63.0 Å². The molecule has 3 heterocycles. The van der Waals surface area contributed by atoms with Crippen LogP contribution in [-0.2, 0) is 11.2 Å². The minimum atomic E-state index is -0.263. The largest absolute Gasteiger partial charge is 0.474 e. The Morgan fingerprint density at radius 1 is 1.07 bits per heavy atom. The number of rotatable bonds is 8. The summed E-state index contributed by atoms with van der Waals surface area (Å²) in [6.07, 6.45) is 6.59. The van der Waals surface area contributed by atoms with Gasteiger partial charge in [-0.2, -0.15) is 4.98 Å². The molecule has 1 aromatic carbocycles. The maximum absolute atomic E-state index is 11.9. The van der Waals surface area contributed by atoms with E-state index in [0.717, 1.165) is 80.6 Å². The van der Waals surface area contributed by atoms with Crippen LogP contribution >= 0.6 is 11.3 Å². The molecule has 3 N–H and O–H groups in total. The van der Waals surface area contributed by atoms with E-state index in [2.05, 4.69) is 65.4 Å². The van der Waals surface area contributed by atoms with Gasteiger partial charge in [-0.1, -0.05) is 0 Å². The summed E-state index contributed by atoms with van der Waals surface area (Å²) in [6.45, 7) is 4.25. The third kappa shape index (κ3) is 5.75. The van der Waals surface area contributed by atoms with Gasteiger partial charge in [-0.3, -0.25) is 4.79 Å². The number of carbonyl (C=O) groups is 1. The normalized spacial score (nSPS) is 23.5. The molecule has 3 aromatic rings. The van der Waals surface area contributed by atoms with Crippen LogP contribution in [0.25, 0.3) is 10.2 Å². The van der Waals surface area contributed by atoms with Gasteiger partial charge in [0.05, 0.1) is 5.39 Å². The molecule has 2 aliphatic carbocycles. The van der Waals surface area contributed by atoms with Crippen molar-refractivity contribution in [3.63, 3.8) is 0 Å². The second-order valence-electron chi connectivity index (χ2n) is 11.9. The average molecular weight is 564 g/mol. The molecule has 1 saturated heterocycles. The summed E-state index contributed by atoms with van der Waals surface area (Å²) >= 11 is 1.70. The minimum Gasteiger partial charge on any atom is -0.474 e. The molecule has 0 radical (unpaired) electrons. The van der Waals surface area contributed by atoms with Crippen molar-refractivity contribution < 1.29 is 9.53 Å². The predicted molar refractivity (Wildman–Crippen MR) is 162 cm³/mol. The van der Waals surface area contributed by atoms with Crippen LogP contribution in [0.2, 0.25) is 0 Å². The van der Waals surface area contributed by atoms with E-state index in [1.54, 1.807) is 11.3 Å². The molecule has 1 atom stereocenters. The van der Waals surface area contributed by atoms with Crippen molar-refractivity contribution >= 4 is 44.8 Å². The van der Waals surface area contributed by atoms with Gasteiger partial charge >= 0.3 is 0 Å². The molecule has 6 rings (SSSR count). The van der Waals surface area contributed by atoms with Crippen LogP contribution in [0.5, 0.6) is 5.88 Å². The maximum atomic E-state index is 11.9. The number of carbonyl (C=O) groups excluding carboxylic acids is 1. The van der Waals surface area contributed by atoms with Gasteiger partial charge in [0.25, 0.3) is 0 Å². The van der Waals surface area contributed by atoms with Crippen LogP contribution < -0.4 is 20.7 Å². The van der Waals surface area contributed by atoms with E-state index in [-0.39, 0.29) is 17.9 Å². The van der Waals surface area contributed by atoms with Crippen molar-refractivity contribution in [1.29, 1.82) is 0 Å². The summed E-state index contributed by atoms with van der Waals surface area (Å²) in [4.78, 5) is 31.0. The number of hydrogen-bond acceptors (Lipinski definition) is 9. The maximum Gasteiger partial charge on any atom is 0.231 e. The Kier molecular flexibility index (Phi) is 7.83. The molecule has 10 heteroatoms. The second-order valence-corrected chi connectivity index (χ2v) is 12.9. The number of benzene rings is 1. The Morgan fingerprint density at radius 2 is 1.80 bits per heavy atom. The standard InChI is InChI=1S/C30H41N7O2S/c1-35(2)21-9-11-23(12-10-21)39-28-27-26-19(18-25(31)38)4-13-24(26)40-29(27)34-30(33-28)32-20-5-7-22(8-6-20)37-16-14-36(3)15-17-37/h5-8,19,21,23H,4,9-18H2,1-3H3,(H2,31,38)(H,32,33,34)/t19-,21?,23?/m1/s1. The fraction of sp³-hybridized carbons (Fsp3) is 0.567. The molecule has 0 unspecified atom stereocenters. The molecular formula is C30H41N7O2S. The summed E-state index contributed by atoms with van der Waals surface area (Å²) < 4.78 is 6.69. The van der Waals surface area contributed by atoms with Gasteiger partial charge in [0.1, 0.15) is 10.9 Å². The summed E-state index contributed by atoms with van der Waals surface area (Å²) in [5.41, 5.74) is 8.99. The molecule has 1 amide bonds. The zero-order valence-electron chi connectivity index (χ0n) is 23.9. The number of nitrogens with one attached hydrogen (secondary N) is 1. The SMILES string of the molecule is CN1CCN(c2ccc(Nc3nc(OC4CCC(N(C)C)CC4)c4c5c(sc4n3)CC[C@@H]5CC(N)=O)cc2)CC1. The molecule has 0 spiro atoms. The van der Waals surface area contributed by atoms with Crippen molar-refractivity contribution in [2.75, 3.05) is 57.5 Å². The van der Waals surface area contributed by atoms with Crippen molar-refractivity contribution in [2.24, 2.45) is 5.73 Å². The van der Waals surface area contributed by atoms with Gasteiger partial charge in [-0.25, -0.2) is 4.98 Å². The number of hydrogen-bond donors (Lipinski definition) is 2. The van der Waals surface area contributed by atoms with Crippen molar-refractivity contribution in [1.82, 2.24) is 19.8 Å². The molecule has 214 valence electrons. The third-order valence-electron chi connectivity index (χ3n) is 8.85. The van der Waals surface area contributed by atoms with E-state index in [9.17, 15) is 4.79 Å². The molecule has 0 bridgehead atoms. The summed E-state index contributed by atoms with van der Waals surface area (Å²) in [7, 11) is 6.49. The number of primary amides is 1. The fourth-order valence-corrected chi connectivity index (χ4v) is 7.74. The van der Waals surface area contributed by atoms with Crippen LogP contribution in [0.4, 0.5) is 17.3 Å². The zero-order valence-corrected chi connectivity index (χ0v) is 24.7. The highest BCUT2D eigenvalue weighted by Crippen LogP contribution is 2.48. The number of nitrogens with two attached hydrogens (primary N) is 1. The highest BCUT2D eigenvalue weighted by molar-refractivity contribution is 7.19. The average Bonchev–Trinajstić information content (AvgIpc) is 3.49. The van der Waals surface area contributed by atoms with Crippen molar-refractivity contribution in [3.05, 3.63) is 34.7 Å². The summed E-state index contributed by atoms with van der Waals surface area (Å²) in [6, 6.07) is 9.13. The molecule has 2 fully saturated rings. The van der Waals surface area contributed by atoms with Crippen LogP contribution in [-0.4, -0.2) is 85.1 Å². The molecule has 2 aromatic heterocycles. The van der Waals surface area contributed by atoms with Gasteiger partial charge in [-0.05, 0) is 95.4 Å². The molecule has 1 aliphatic heterocycles. The van der Waals surface area contributed by atoms with E-state index in [1.165, 1.54) is 16.1 Å². The number of aryl methyl sites for hydroxylation is 1. The van der Waals surface area contributed by atoms with Gasteiger partial charge < -0.3 is 30.5 Å². The first-order chi connectivity index (χ1) is 19.3. The first-order valence-corrected chi connectivity index (χ1v) is 15.4. The van der Waals surface area contributed by atoms with Gasteiger partial charge in [0.15, 0.2) is 0 Å². The number of aromatic nitrogens is 2. The zero-order chi connectivity index (χ0) is 27.8. The molecular weight excluding hydrogens is 522 g/mol. The third-order valence-corrected chi connectivity index (χ3v) is 10.0. The Bertz CT molecular complexity index is 1340. The first-order valence-electron chi connectivity index (χ1n) is 14.6. The van der Waals surface area contributed by atoms with Crippen LogP contribution in [0.15, 0.2) is 24.3 Å². The molecule has 9 nitrogen and oxygen atoms in total. The highest BCUT2D eigenvalue weighted by Gasteiger charge is 2.33. The highest BCUT2D eigenvalue weighted by atomic mass is 32.1. The van der Waals surface area contributed by atoms with Gasteiger partial charge in [-0.15, -0.1) is 11.3 Å². The summed E-state index contributed by atoms with van der Waals surface area (Å²) in [5, 5.41) is 4.42. The lowest BCUT2D eigenvalue weighted by molar-refractivity contribution is -0.118. The Labute approximate surface area is 240 Å². The van der Waals surface area contributed by atoms with Crippen LogP contribution in [0.3, 0.4) is 0 Å². The van der Waals surface area contributed by atoms with E-state index in [4.69, 9.17) is 20.4 Å². The Morgan fingerprint density at radius 3 is 2.48 bits per heavy atom. The predicted octanol–water partition coefficient (Wildman–Crippen LogP) is 4.34. The van der Waals surface area contributed by atoms with Crippen molar-refractivity contribution in [3.8, 4) is 5.88 Å². The van der Waals surface area contributed by atoms with Gasteiger partial charge in [0.2, 0.25) is 17.7 Å². The smallest absolute Gasteiger partial charge is 0.231 e. The quantitative estimate of drug-likeness (QED) is 0.418. The molecule has 40 heavy (non-hydrogen) atoms. The fourth-order valence-electron chi connectivity index (χ4n) is 6.48. The number of piperazine rings is 1. The summed E-state index contributed by atoms with van der Waals surface area (Å²) in [5.74, 6) is 1.03. The van der Waals surface area contributed by atoms with E-state index in [1.807, 2.05) is 0 Å². The number of fused-ring (bicyclic) bond motifs is 3. The van der Waals surface area contributed by atoms with E-state index >= 15 is 0 Å². The lowest BCUT2D eigenvalue weighted by Gasteiger charge is -2.34. The van der Waals surface area contributed by atoms with E-state index in [0.29, 0.717) is 24.3 Å². The molecule has 1 saturated carbocycles. The monoisotopic (exact) mass is 563 g/mol. The second kappa shape index (κ2) is 11.5. The lowest BCUT2D eigenvalue weighted by Crippen LogP contribution is -2.44.